The Hall–Kier alpha value is -3.20. The second-order valence-corrected chi connectivity index (χ2v) is 6.43. The first kappa shape index (κ1) is 27.8. The molecular weight excluding hydrogens is 393 g/mol. The molecule has 31 heavy (non-hydrogen) atoms. The molecule has 0 aliphatic rings. The van der Waals surface area contributed by atoms with E-state index < -0.39 is 0 Å². The number of aryl methyl sites for hydroxylation is 1. The highest BCUT2D eigenvalue weighted by Gasteiger charge is 2.15. The van der Waals surface area contributed by atoms with Crippen LogP contribution >= 0.6 is 0 Å². The molecule has 1 aromatic heterocycles. The number of halogens is 1. The number of allylic oxidation sites excluding steroid dienone is 8. The monoisotopic (exact) mass is 427 g/mol. The van der Waals surface area contributed by atoms with Gasteiger partial charge in [-0.2, -0.15) is 5.10 Å². The summed E-state index contributed by atoms with van der Waals surface area (Å²) < 4.78 is 18.4. The van der Waals surface area contributed by atoms with E-state index in [1.54, 1.807) is 26.0 Å². The van der Waals surface area contributed by atoms with Crippen molar-refractivity contribution in [2.24, 2.45) is 0 Å². The predicted molar refractivity (Wildman–Crippen MR) is 126 cm³/mol. The zero-order valence-corrected chi connectivity index (χ0v) is 19.4. The summed E-state index contributed by atoms with van der Waals surface area (Å²) in [4.78, 5) is 15.5. The van der Waals surface area contributed by atoms with Crippen LogP contribution in [0, 0.1) is 19.3 Å². The maximum atomic E-state index is 13.0. The Morgan fingerprint density at radius 2 is 1.94 bits per heavy atom. The Morgan fingerprint density at radius 3 is 2.39 bits per heavy atom. The number of hydrogen-bond acceptors (Lipinski definition) is 4. The van der Waals surface area contributed by atoms with E-state index in [0.29, 0.717) is 12.2 Å². The van der Waals surface area contributed by atoms with E-state index in [4.69, 9.17) is 11.2 Å². The van der Waals surface area contributed by atoms with Crippen molar-refractivity contribution >= 4 is 11.5 Å². The molecule has 1 heterocycles. The van der Waals surface area contributed by atoms with Crippen molar-refractivity contribution in [3.8, 4) is 12.3 Å². The van der Waals surface area contributed by atoms with Crippen molar-refractivity contribution in [2.45, 2.75) is 66.9 Å². The lowest BCUT2D eigenvalue weighted by Gasteiger charge is -2.18. The van der Waals surface area contributed by atoms with Crippen molar-refractivity contribution in [3.05, 3.63) is 65.6 Å². The van der Waals surface area contributed by atoms with Crippen LogP contribution in [-0.2, 0) is 9.53 Å². The molecule has 0 amide bonds. The Kier molecular flexibility index (Phi) is 14.9. The molecule has 0 spiro atoms. The molecule has 1 rings (SSSR count). The van der Waals surface area contributed by atoms with Crippen molar-refractivity contribution in [3.63, 3.8) is 0 Å². The third-order valence-electron chi connectivity index (χ3n) is 3.97. The van der Waals surface area contributed by atoms with Gasteiger partial charge in [-0.1, -0.05) is 56.6 Å². The van der Waals surface area contributed by atoms with Crippen LogP contribution in [-0.4, -0.2) is 27.3 Å². The van der Waals surface area contributed by atoms with Crippen molar-refractivity contribution < 1.29 is 13.9 Å². The minimum atomic E-state index is -0.300. The number of hydrogen-bond donors (Lipinski definition) is 1. The molecule has 0 fully saturated rings. The van der Waals surface area contributed by atoms with Gasteiger partial charge in [0.2, 0.25) is 0 Å². The van der Waals surface area contributed by atoms with Gasteiger partial charge in [0.25, 0.3) is 0 Å². The summed E-state index contributed by atoms with van der Waals surface area (Å²) in [5.41, 5.74) is 1.67. The van der Waals surface area contributed by atoms with Gasteiger partial charge in [0, 0.05) is 12.0 Å². The number of rotatable bonds is 9. The largest absolute Gasteiger partial charge is 0.457 e. The zero-order chi connectivity index (χ0) is 23.6. The van der Waals surface area contributed by atoms with Crippen LogP contribution in [0.25, 0.3) is 5.57 Å². The molecule has 0 bridgehead atoms. The minimum Gasteiger partial charge on any atom is -0.457 e. The Morgan fingerprint density at radius 1 is 1.23 bits per heavy atom. The van der Waals surface area contributed by atoms with E-state index in [2.05, 4.69) is 21.1 Å². The number of esters is 1. The SMILES string of the molecule is C#C/C=C(\C=C/C)c1n[nH]c(C)n1.C\C=C(F)/C=C\C(=C/C)C(CCC)OC(=O)CC. The Bertz CT molecular complexity index is 868. The molecule has 0 aliphatic carbocycles. The fourth-order valence-electron chi connectivity index (χ4n) is 2.39. The van der Waals surface area contributed by atoms with E-state index in [9.17, 15) is 9.18 Å². The van der Waals surface area contributed by atoms with E-state index in [1.807, 2.05) is 45.9 Å². The molecular formula is C25H34FN3O2. The smallest absolute Gasteiger partial charge is 0.306 e. The number of carbonyl (C=O) groups excluding carboxylic acids is 1. The van der Waals surface area contributed by atoms with Crippen LogP contribution in [0.2, 0.25) is 0 Å². The number of terminal acetylenes is 1. The maximum absolute atomic E-state index is 13.0. The highest BCUT2D eigenvalue weighted by molar-refractivity contribution is 5.71. The molecule has 0 saturated carbocycles. The van der Waals surface area contributed by atoms with Crippen LogP contribution in [0.3, 0.4) is 0 Å². The molecule has 6 heteroatoms. The molecule has 1 aromatic rings. The van der Waals surface area contributed by atoms with Gasteiger partial charge < -0.3 is 4.74 Å². The zero-order valence-electron chi connectivity index (χ0n) is 19.4. The van der Waals surface area contributed by atoms with Gasteiger partial charge in [-0.05, 0) is 51.8 Å². The molecule has 0 saturated heterocycles. The van der Waals surface area contributed by atoms with Gasteiger partial charge in [0.15, 0.2) is 5.82 Å². The lowest BCUT2D eigenvalue weighted by molar-refractivity contribution is -0.147. The molecule has 0 aliphatic heterocycles. The number of H-pyrrole nitrogens is 1. The van der Waals surface area contributed by atoms with E-state index >= 15 is 0 Å². The summed E-state index contributed by atoms with van der Waals surface area (Å²) in [6.07, 6.45) is 18.6. The molecule has 1 unspecified atom stereocenters. The highest BCUT2D eigenvalue weighted by atomic mass is 19.1. The molecule has 1 N–H and O–H groups in total. The summed E-state index contributed by atoms with van der Waals surface area (Å²) in [5.74, 6) is 3.34. The summed E-state index contributed by atoms with van der Waals surface area (Å²) in [6.45, 7) is 11.0. The fourth-order valence-corrected chi connectivity index (χ4v) is 2.39. The second-order valence-electron chi connectivity index (χ2n) is 6.43. The van der Waals surface area contributed by atoms with Crippen LogP contribution in [0.1, 0.15) is 65.5 Å². The quantitative estimate of drug-likeness (QED) is 0.290. The molecule has 0 aromatic carbocycles. The number of aromatic nitrogens is 3. The lowest BCUT2D eigenvalue weighted by atomic mass is 10.0. The standard InChI is InChI=1S/C15H23FO2.C10H11N3/c1-5-9-14(18-15(17)8-4)12(6-2)10-11-13(16)7-3;1-4-6-9(7-5-2)10-11-8(3)12-13-10/h6-7,10-11,14H,5,8-9H2,1-4H3;1,5-7H,2-3H3,(H,11,12,13)/b11-10-,12-6+,13-7+;7-5-,9-6+. The Labute approximate surface area is 185 Å². The average molecular weight is 428 g/mol. The summed E-state index contributed by atoms with van der Waals surface area (Å²) in [7, 11) is 0. The third-order valence-corrected chi connectivity index (χ3v) is 3.97. The van der Waals surface area contributed by atoms with Crippen LogP contribution in [0.4, 0.5) is 4.39 Å². The van der Waals surface area contributed by atoms with E-state index in [0.717, 1.165) is 29.8 Å². The van der Waals surface area contributed by atoms with Gasteiger partial charge in [0.1, 0.15) is 17.8 Å². The van der Waals surface area contributed by atoms with Crippen molar-refractivity contribution in [2.75, 3.05) is 0 Å². The summed E-state index contributed by atoms with van der Waals surface area (Å²) in [5, 5.41) is 6.76. The van der Waals surface area contributed by atoms with Gasteiger partial charge in [0.05, 0.1) is 0 Å². The van der Waals surface area contributed by atoms with Gasteiger partial charge in [-0.15, -0.1) is 6.42 Å². The van der Waals surface area contributed by atoms with E-state index in [1.165, 1.54) is 12.2 Å². The first-order chi connectivity index (χ1) is 14.9. The van der Waals surface area contributed by atoms with Crippen LogP contribution in [0.15, 0.2) is 53.9 Å². The van der Waals surface area contributed by atoms with Crippen LogP contribution in [0.5, 0.6) is 0 Å². The molecule has 5 nitrogen and oxygen atoms in total. The Balaban J connectivity index is 0.000000609. The first-order valence-electron chi connectivity index (χ1n) is 10.4. The van der Waals surface area contributed by atoms with Crippen LogP contribution < -0.4 is 0 Å². The topological polar surface area (TPSA) is 67.9 Å². The van der Waals surface area contributed by atoms with Gasteiger partial charge in [-0.25, -0.2) is 9.37 Å². The second kappa shape index (κ2) is 16.6. The minimum absolute atomic E-state index is 0.229. The maximum Gasteiger partial charge on any atom is 0.306 e. The number of nitrogens with one attached hydrogen (secondary N) is 1. The fraction of sp³-hybridized carbons (Fsp3) is 0.400. The molecule has 1 atom stereocenters. The highest BCUT2D eigenvalue weighted by Crippen LogP contribution is 2.17. The summed E-state index contributed by atoms with van der Waals surface area (Å²) in [6, 6.07) is 0. The molecule has 0 radical (unpaired) electrons. The molecule has 168 valence electrons. The van der Waals surface area contributed by atoms with Crippen molar-refractivity contribution in [1.29, 1.82) is 0 Å². The van der Waals surface area contributed by atoms with Gasteiger partial charge >= 0.3 is 5.97 Å². The van der Waals surface area contributed by atoms with E-state index in [-0.39, 0.29) is 17.9 Å². The lowest BCUT2D eigenvalue weighted by Crippen LogP contribution is -2.19. The van der Waals surface area contributed by atoms with Gasteiger partial charge in [-0.3, -0.25) is 9.89 Å². The number of nitrogens with zero attached hydrogens (tertiary/aromatic N) is 2. The number of aromatic amines is 1. The number of ether oxygens (including phenoxy) is 1. The third kappa shape index (κ3) is 11.5. The number of carbonyl (C=O) groups is 1. The normalized spacial score (nSPS) is 13.7. The first-order valence-corrected chi connectivity index (χ1v) is 10.4. The summed E-state index contributed by atoms with van der Waals surface area (Å²) >= 11 is 0. The van der Waals surface area contributed by atoms with Crippen molar-refractivity contribution in [1.82, 2.24) is 15.2 Å². The predicted octanol–water partition coefficient (Wildman–Crippen LogP) is 6.19. The average Bonchev–Trinajstić information content (AvgIpc) is 3.20.